The van der Waals surface area contributed by atoms with Crippen LogP contribution in [0.3, 0.4) is 0 Å². The largest absolute Gasteiger partial charge is 0.484 e. The van der Waals surface area contributed by atoms with Crippen molar-refractivity contribution in [1.82, 2.24) is 9.88 Å². The second-order valence-corrected chi connectivity index (χ2v) is 7.46. The van der Waals surface area contributed by atoms with Gasteiger partial charge in [-0.2, -0.15) is 0 Å². The van der Waals surface area contributed by atoms with Crippen LogP contribution in [0.25, 0.3) is 0 Å². The fourth-order valence-electron chi connectivity index (χ4n) is 3.67. The highest BCUT2D eigenvalue weighted by atomic mass is 16.5. The molecular weight excluding hydrogens is 384 g/mol. The molecule has 1 aromatic carbocycles. The van der Waals surface area contributed by atoms with Gasteiger partial charge in [-0.1, -0.05) is 18.2 Å². The molecule has 1 atom stereocenters. The van der Waals surface area contributed by atoms with Gasteiger partial charge in [-0.3, -0.25) is 4.79 Å². The summed E-state index contributed by atoms with van der Waals surface area (Å²) >= 11 is 0. The maximum Gasteiger partial charge on any atom is 0.355 e. The SMILES string of the molecule is CCOC(=O)c1[nH]c(C)c(CN(CC2CCCO2)C(=O)COc2ccccc2)c1C. The Labute approximate surface area is 177 Å². The van der Waals surface area contributed by atoms with Crippen LogP contribution in [0, 0.1) is 13.8 Å². The van der Waals surface area contributed by atoms with E-state index in [1.165, 1.54) is 0 Å². The number of esters is 1. The fourth-order valence-corrected chi connectivity index (χ4v) is 3.67. The van der Waals surface area contributed by atoms with Crippen molar-refractivity contribution >= 4 is 11.9 Å². The molecule has 0 aliphatic carbocycles. The summed E-state index contributed by atoms with van der Waals surface area (Å²) in [4.78, 5) is 30.1. The van der Waals surface area contributed by atoms with Gasteiger partial charge in [0.1, 0.15) is 11.4 Å². The van der Waals surface area contributed by atoms with E-state index in [1.54, 1.807) is 11.8 Å². The van der Waals surface area contributed by atoms with E-state index < -0.39 is 0 Å². The zero-order valence-electron chi connectivity index (χ0n) is 17.9. The Morgan fingerprint density at radius 1 is 1.23 bits per heavy atom. The topological polar surface area (TPSA) is 80.9 Å². The Morgan fingerprint density at radius 2 is 2.00 bits per heavy atom. The van der Waals surface area contributed by atoms with Gasteiger partial charge in [-0.05, 0) is 56.9 Å². The van der Waals surface area contributed by atoms with Crippen molar-refractivity contribution in [3.05, 3.63) is 52.8 Å². The second-order valence-electron chi connectivity index (χ2n) is 7.46. The van der Waals surface area contributed by atoms with Gasteiger partial charge in [0, 0.05) is 25.4 Å². The quantitative estimate of drug-likeness (QED) is 0.636. The van der Waals surface area contributed by atoms with Gasteiger partial charge in [0.05, 0.1) is 12.7 Å². The molecule has 162 valence electrons. The number of H-pyrrole nitrogens is 1. The molecule has 1 fully saturated rings. The van der Waals surface area contributed by atoms with Gasteiger partial charge in [0.2, 0.25) is 0 Å². The number of aryl methyl sites for hydroxylation is 1. The number of rotatable bonds is 9. The Morgan fingerprint density at radius 3 is 2.67 bits per heavy atom. The van der Waals surface area contributed by atoms with Gasteiger partial charge in [-0.15, -0.1) is 0 Å². The molecule has 1 aromatic heterocycles. The van der Waals surface area contributed by atoms with E-state index >= 15 is 0 Å². The lowest BCUT2D eigenvalue weighted by Gasteiger charge is -2.26. The average Bonchev–Trinajstić information content (AvgIpc) is 3.35. The lowest BCUT2D eigenvalue weighted by Crippen LogP contribution is -2.39. The van der Waals surface area contributed by atoms with Crippen LogP contribution < -0.4 is 4.74 Å². The molecule has 0 spiro atoms. The number of para-hydroxylation sites is 1. The number of benzene rings is 1. The maximum absolute atomic E-state index is 13.0. The highest BCUT2D eigenvalue weighted by Gasteiger charge is 2.26. The number of amides is 1. The molecule has 0 bridgehead atoms. The molecule has 2 aromatic rings. The molecule has 2 heterocycles. The molecule has 0 radical (unpaired) electrons. The predicted molar refractivity (Wildman–Crippen MR) is 113 cm³/mol. The van der Waals surface area contributed by atoms with Crippen LogP contribution in [-0.4, -0.2) is 54.2 Å². The van der Waals surface area contributed by atoms with Crippen molar-refractivity contribution in [3.63, 3.8) is 0 Å². The lowest BCUT2D eigenvalue weighted by atomic mass is 10.1. The van der Waals surface area contributed by atoms with Crippen molar-refractivity contribution < 1.29 is 23.8 Å². The molecule has 1 N–H and O–H groups in total. The standard InChI is InChI=1S/C23H30N2O5/c1-4-28-23(27)22-16(2)20(17(3)24-22)14-25(13-19-11-8-12-29-19)21(26)15-30-18-9-6-5-7-10-18/h5-7,9-10,19,24H,4,8,11-15H2,1-3H3. The number of hydrogen-bond acceptors (Lipinski definition) is 5. The zero-order chi connectivity index (χ0) is 21.5. The first-order chi connectivity index (χ1) is 14.5. The van der Waals surface area contributed by atoms with Gasteiger partial charge in [-0.25, -0.2) is 4.79 Å². The molecule has 3 rings (SSSR count). The van der Waals surface area contributed by atoms with Gasteiger partial charge >= 0.3 is 5.97 Å². The summed E-state index contributed by atoms with van der Waals surface area (Å²) in [6.07, 6.45) is 1.96. The first-order valence-corrected chi connectivity index (χ1v) is 10.4. The van der Waals surface area contributed by atoms with Gasteiger partial charge in [0.25, 0.3) is 5.91 Å². The van der Waals surface area contributed by atoms with E-state index in [-0.39, 0.29) is 24.6 Å². The number of carbonyl (C=O) groups excluding carboxylic acids is 2. The van der Waals surface area contributed by atoms with Crippen LogP contribution in [0.5, 0.6) is 5.75 Å². The van der Waals surface area contributed by atoms with E-state index in [0.717, 1.165) is 36.3 Å². The average molecular weight is 415 g/mol. The van der Waals surface area contributed by atoms with Crippen LogP contribution >= 0.6 is 0 Å². The first-order valence-electron chi connectivity index (χ1n) is 10.4. The Bertz CT molecular complexity index is 856. The van der Waals surface area contributed by atoms with Gasteiger partial charge in [0.15, 0.2) is 6.61 Å². The fraction of sp³-hybridized carbons (Fsp3) is 0.478. The van der Waals surface area contributed by atoms with Gasteiger partial charge < -0.3 is 24.1 Å². The summed E-state index contributed by atoms with van der Waals surface area (Å²) in [5.41, 5.74) is 3.02. The first kappa shape index (κ1) is 21.9. The summed E-state index contributed by atoms with van der Waals surface area (Å²) in [6, 6.07) is 9.28. The third-order valence-electron chi connectivity index (χ3n) is 5.33. The number of aromatic amines is 1. The molecule has 1 aliphatic rings. The van der Waals surface area contributed by atoms with Crippen LogP contribution in [0.4, 0.5) is 0 Å². The van der Waals surface area contributed by atoms with E-state index in [1.807, 2.05) is 44.2 Å². The Hall–Kier alpha value is -2.80. The number of nitrogens with zero attached hydrogens (tertiary/aromatic N) is 1. The zero-order valence-corrected chi connectivity index (χ0v) is 17.9. The molecule has 7 heteroatoms. The number of aromatic nitrogens is 1. The van der Waals surface area contributed by atoms with Crippen molar-refractivity contribution in [2.75, 3.05) is 26.4 Å². The van der Waals surface area contributed by atoms with Crippen LogP contribution in [0.2, 0.25) is 0 Å². The molecule has 1 amide bonds. The lowest BCUT2D eigenvalue weighted by molar-refractivity contribution is -0.135. The normalized spacial score (nSPS) is 15.8. The minimum Gasteiger partial charge on any atom is -0.484 e. The highest BCUT2D eigenvalue weighted by molar-refractivity contribution is 5.90. The molecule has 30 heavy (non-hydrogen) atoms. The minimum absolute atomic E-state index is 0.0229. The highest BCUT2D eigenvalue weighted by Crippen LogP contribution is 2.22. The number of ether oxygens (including phenoxy) is 3. The van der Waals surface area contributed by atoms with E-state index in [0.29, 0.717) is 31.1 Å². The van der Waals surface area contributed by atoms with Crippen LogP contribution in [-0.2, 0) is 20.8 Å². The number of nitrogens with one attached hydrogen (secondary N) is 1. The summed E-state index contributed by atoms with van der Waals surface area (Å²) < 4.78 is 16.6. The third-order valence-corrected chi connectivity index (χ3v) is 5.33. The van der Waals surface area contributed by atoms with E-state index in [9.17, 15) is 9.59 Å². The van der Waals surface area contributed by atoms with Crippen molar-refractivity contribution in [2.45, 2.75) is 46.3 Å². The maximum atomic E-state index is 13.0. The summed E-state index contributed by atoms with van der Waals surface area (Å²) in [6.45, 7) is 7.41. The summed E-state index contributed by atoms with van der Waals surface area (Å²) in [7, 11) is 0. The van der Waals surface area contributed by atoms with E-state index in [2.05, 4.69) is 4.98 Å². The van der Waals surface area contributed by atoms with Crippen LogP contribution in [0.15, 0.2) is 30.3 Å². The summed E-state index contributed by atoms with van der Waals surface area (Å²) in [5.74, 6) is 0.155. The number of hydrogen-bond donors (Lipinski definition) is 1. The monoisotopic (exact) mass is 414 g/mol. The number of carbonyl (C=O) groups is 2. The smallest absolute Gasteiger partial charge is 0.355 e. The molecule has 7 nitrogen and oxygen atoms in total. The van der Waals surface area contributed by atoms with Crippen molar-refractivity contribution in [1.29, 1.82) is 0 Å². The molecule has 1 saturated heterocycles. The molecule has 1 unspecified atom stereocenters. The van der Waals surface area contributed by atoms with Crippen molar-refractivity contribution in [3.8, 4) is 5.75 Å². The van der Waals surface area contributed by atoms with Crippen LogP contribution in [0.1, 0.15) is 47.1 Å². The Balaban J connectivity index is 1.75. The molecular formula is C23H30N2O5. The minimum atomic E-state index is -0.381. The Kier molecular flexibility index (Phi) is 7.52. The summed E-state index contributed by atoms with van der Waals surface area (Å²) in [5, 5.41) is 0. The van der Waals surface area contributed by atoms with E-state index in [4.69, 9.17) is 14.2 Å². The molecule has 1 aliphatic heterocycles. The second kappa shape index (κ2) is 10.3. The molecule has 0 saturated carbocycles. The van der Waals surface area contributed by atoms with Crippen molar-refractivity contribution in [2.24, 2.45) is 0 Å². The third kappa shape index (κ3) is 5.42. The predicted octanol–water partition coefficient (Wildman–Crippen LogP) is 3.39.